The SMILES string of the molecule is Cc1cccc(Sc2cnc(C(=N)N)cn2)c1. The van der Waals surface area contributed by atoms with Crippen molar-refractivity contribution in [1.29, 1.82) is 5.41 Å². The number of aryl methyl sites for hydroxylation is 1. The molecule has 1 heterocycles. The maximum Gasteiger partial charge on any atom is 0.143 e. The van der Waals surface area contributed by atoms with E-state index >= 15 is 0 Å². The van der Waals surface area contributed by atoms with Crippen molar-refractivity contribution in [3.63, 3.8) is 0 Å². The first-order chi connectivity index (χ1) is 8.15. The Morgan fingerprint density at radius 1 is 1.29 bits per heavy atom. The molecule has 0 unspecified atom stereocenters. The smallest absolute Gasteiger partial charge is 0.143 e. The molecule has 0 bridgehead atoms. The Bertz CT molecular complexity index is 536. The third-order valence-electron chi connectivity index (χ3n) is 2.12. The van der Waals surface area contributed by atoms with Crippen LogP contribution in [-0.2, 0) is 0 Å². The van der Waals surface area contributed by atoms with Gasteiger partial charge in [-0.05, 0) is 19.1 Å². The van der Waals surface area contributed by atoms with Crippen LogP contribution in [0.15, 0.2) is 46.6 Å². The molecular formula is C12H12N4S. The summed E-state index contributed by atoms with van der Waals surface area (Å²) in [6, 6.07) is 8.17. The molecule has 3 N–H and O–H groups in total. The van der Waals surface area contributed by atoms with Crippen molar-refractivity contribution in [3.05, 3.63) is 47.9 Å². The Hall–Kier alpha value is -1.88. The number of hydrogen-bond acceptors (Lipinski definition) is 4. The highest BCUT2D eigenvalue weighted by molar-refractivity contribution is 7.99. The lowest BCUT2D eigenvalue weighted by Gasteiger charge is -2.02. The van der Waals surface area contributed by atoms with Gasteiger partial charge in [-0.2, -0.15) is 0 Å². The number of aromatic nitrogens is 2. The van der Waals surface area contributed by atoms with Crippen LogP contribution >= 0.6 is 11.8 Å². The van der Waals surface area contributed by atoms with Gasteiger partial charge in [0.15, 0.2) is 0 Å². The summed E-state index contributed by atoms with van der Waals surface area (Å²) >= 11 is 1.54. The van der Waals surface area contributed by atoms with Gasteiger partial charge in [0.2, 0.25) is 0 Å². The molecule has 1 aromatic carbocycles. The minimum Gasteiger partial charge on any atom is -0.382 e. The maximum atomic E-state index is 7.22. The second-order valence-electron chi connectivity index (χ2n) is 3.57. The van der Waals surface area contributed by atoms with E-state index in [9.17, 15) is 0 Å². The normalized spacial score (nSPS) is 10.2. The zero-order valence-electron chi connectivity index (χ0n) is 9.34. The van der Waals surface area contributed by atoms with E-state index in [-0.39, 0.29) is 5.84 Å². The number of nitrogens with two attached hydrogens (primary N) is 1. The van der Waals surface area contributed by atoms with Gasteiger partial charge >= 0.3 is 0 Å². The summed E-state index contributed by atoms with van der Waals surface area (Å²) in [6.45, 7) is 2.05. The van der Waals surface area contributed by atoms with Crippen molar-refractivity contribution in [2.45, 2.75) is 16.8 Å². The third-order valence-corrected chi connectivity index (χ3v) is 3.03. The highest BCUT2D eigenvalue weighted by Gasteiger charge is 2.02. The number of amidine groups is 1. The Balaban J connectivity index is 2.16. The van der Waals surface area contributed by atoms with Crippen LogP contribution in [0.5, 0.6) is 0 Å². The van der Waals surface area contributed by atoms with Gasteiger partial charge in [0, 0.05) is 4.90 Å². The molecule has 0 aliphatic rings. The van der Waals surface area contributed by atoms with Crippen LogP contribution in [0.2, 0.25) is 0 Å². The summed E-state index contributed by atoms with van der Waals surface area (Å²) in [4.78, 5) is 9.39. The monoisotopic (exact) mass is 244 g/mol. The summed E-state index contributed by atoms with van der Waals surface area (Å²) < 4.78 is 0. The zero-order valence-corrected chi connectivity index (χ0v) is 10.2. The van der Waals surface area contributed by atoms with Crippen LogP contribution in [0.1, 0.15) is 11.3 Å². The Morgan fingerprint density at radius 3 is 2.71 bits per heavy atom. The van der Waals surface area contributed by atoms with Gasteiger partial charge in [-0.3, -0.25) is 5.41 Å². The molecule has 2 rings (SSSR count). The molecule has 5 heteroatoms. The second-order valence-corrected chi connectivity index (χ2v) is 4.67. The van der Waals surface area contributed by atoms with E-state index in [1.54, 1.807) is 6.20 Å². The number of nitrogen functional groups attached to an aromatic ring is 1. The molecule has 0 radical (unpaired) electrons. The van der Waals surface area contributed by atoms with E-state index in [0.717, 1.165) is 9.92 Å². The molecule has 17 heavy (non-hydrogen) atoms. The van der Waals surface area contributed by atoms with Gasteiger partial charge in [-0.1, -0.05) is 29.5 Å². The predicted octanol–water partition coefficient (Wildman–Crippen LogP) is 2.22. The number of benzene rings is 1. The number of hydrogen-bond donors (Lipinski definition) is 2. The molecule has 0 atom stereocenters. The minimum absolute atomic E-state index is 0.0652. The van der Waals surface area contributed by atoms with E-state index in [0.29, 0.717) is 5.69 Å². The third kappa shape index (κ3) is 3.04. The quantitative estimate of drug-likeness (QED) is 0.641. The average molecular weight is 244 g/mol. The van der Waals surface area contributed by atoms with E-state index in [2.05, 4.69) is 29.0 Å². The van der Waals surface area contributed by atoms with Gasteiger partial charge in [0.25, 0.3) is 0 Å². The fraction of sp³-hybridized carbons (Fsp3) is 0.0833. The van der Waals surface area contributed by atoms with Crippen LogP contribution < -0.4 is 5.73 Å². The Labute approximate surface area is 104 Å². The van der Waals surface area contributed by atoms with Gasteiger partial charge in [-0.25, -0.2) is 9.97 Å². The first kappa shape index (κ1) is 11.6. The van der Waals surface area contributed by atoms with E-state index < -0.39 is 0 Å². The molecule has 4 nitrogen and oxygen atoms in total. The van der Waals surface area contributed by atoms with Gasteiger partial charge < -0.3 is 5.73 Å². The lowest BCUT2D eigenvalue weighted by atomic mass is 10.2. The van der Waals surface area contributed by atoms with Crippen molar-refractivity contribution >= 4 is 17.6 Å². The van der Waals surface area contributed by atoms with Crippen molar-refractivity contribution in [3.8, 4) is 0 Å². The Morgan fingerprint density at radius 2 is 2.12 bits per heavy atom. The van der Waals surface area contributed by atoms with Crippen molar-refractivity contribution in [2.75, 3.05) is 0 Å². The summed E-state index contributed by atoms with van der Waals surface area (Å²) in [5.41, 5.74) is 6.92. The zero-order chi connectivity index (χ0) is 12.3. The lowest BCUT2D eigenvalue weighted by molar-refractivity contribution is 1.04. The highest BCUT2D eigenvalue weighted by atomic mass is 32.2. The summed E-state index contributed by atoms with van der Waals surface area (Å²) in [5.74, 6) is -0.0652. The molecule has 1 aromatic heterocycles. The molecule has 0 saturated carbocycles. The summed E-state index contributed by atoms with van der Waals surface area (Å²) in [5, 5.41) is 8.02. The molecule has 0 amide bonds. The van der Waals surface area contributed by atoms with E-state index in [1.807, 2.05) is 12.1 Å². The minimum atomic E-state index is -0.0652. The molecule has 0 spiro atoms. The molecule has 0 aliphatic heterocycles. The lowest BCUT2D eigenvalue weighted by Crippen LogP contribution is -2.13. The van der Waals surface area contributed by atoms with Gasteiger partial charge in [0.05, 0.1) is 12.4 Å². The molecular weight excluding hydrogens is 232 g/mol. The maximum absolute atomic E-state index is 7.22. The molecule has 0 aliphatic carbocycles. The average Bonchev–Trinajstić information content (AvgIpc) is 2.29. The largest absolute Gasteiger partial charge is 0.382 e. The first-order valence-electron chi connectivity index (χ1n) is 5.06. The summed E-state index contributed by atoms with van der Waals surface area (Å²) in [6.07, 6.45) is 3.14. The number of rotatable bonds is 3. The molecule has 2 aromatic rings. The van der Waals surface area contributed by atoms with Crippen LogP contribution in [0.25, 0.3) is 0 Å². The number of nitrogens with one attached hydrogen (secondary N) is 1. The predicted molar refractivity (Wildman–Crippen MR) is 68.4 cm³/mol. The topological polar surface area (TPSA) is 75.7 Å². The fourth-order valence-corrected chi connectivity index (χ4v) is 2.15. The van der Waals surface area contributed by atoms with Crippen molar-refractivity contribution in [1.82, 2.24) is 9.97 Å². The first-order valence-corrected chi connectivity index (χ1v) is 5.88. The van der Waals surface area contributed by atoms with E-state index in [1.165, 1.54) is 23.5 Å². The molecule has 86 valence electrons. The van der Waals surface area contributed by atoms with Crippen molar-refractivity contribution < 1.29 is 0 Å². The fourth-order valence-electron chi connectivity index (χ4n) is 1.31. The van der Waals surface area contributed by atoms with Crippen molar-refractivity contribution in [2.24, 2.45) is 5.73 Å². The van der Waals surface area contributed by atoms with Crippen LogP contribution in [0.3, 0.4) is 0 Å². The van der Waals surface area contributed by atoms with E-state index in [4.69, 9.17) is 11.1 Å². The Kier molecular flexibility index (Phi) is 3.39. The molecule has 0 saturated heterocycles. The standard InChI is InChI=1S/C12H12N4S/c1-8-3-2-4-9(5-8)17-11-7-15-10(6-16-11)12(13)14/h2-7H,1H3,(H3,13,14). The number of nitrogens with zero attached hydrogens (tertiary/aromatic N) is 2. The highest BCUT2D eigenvalue weighted by Crippen LogP contribution is 2.25. The second kappa shape index (κ2) is 4.97. The summed E-state index contributed by atoms with van der Waals surface area (Å²) in [7, 11) is 0. The molecule has 0 fully saturated rings. The van der Waals surface area contributed by atoms with Crippen LogP contribution in [0.4, 0.5) is 0 Å². The van der Waals surface area contributed by atoms with Gasteiger partial charge in [-0.15, -0.1) is 0 Å². The van der Waals surface area contributed by atoms with Gasteiger partial charge in [0.1, 0.15) is 16.6 Å². The van der Waals surface area contributed by atoms with Crippen LogP contribution in [0, 0.1) is 12.3 Å². The van der Waals surface area contributed by atoms with Crippen LogP contribution in [-0.4, -0.2) is 15.8 Å².